The first-order chi connectivity index (χ1) is 20.2. The highest BCUT2D eigenvalue weighted by Crippen LogP contribution is 2.65. The van der Waals surface area contributed by atoms with Gasteiger partial charge in [0.05, 0.1) is 36.7 Å². The number of hydrogen-bond acceptors (Lipinski definition) is 6. The fourth-order valence-corrected chi connectivity index (χ4v) is 7.57. The summed E-state index contributed by atoms with van der Waals surface area (Å²) < 4.78 is 12.4. The summed E-state index contributed by atoms with van der Waals surface area (Å²) in [5.41, 5.74) is -0.726. The van der Waals surface area contributed by atoms with E-state index in [2.05, 4.69) is 17.6 Å². The van der Waals surface area contributed by atoms with Crippen molar-refractivity contribution in [2.75, 3.05) is 18.5 Å². The number of ether oxygens (including phenoxy) is 2. The fourth-order valence-electron chi connectivity index (χ4n) is 7.57. The van der Waals surface area contributed by atoms with Crippen LogP contribution < -0.4 is 15.4 Å². The van der Waals surface area contributed by atoms with Crippen molar-refractivity contribution in [2.24, 2.45) is 11.8 Å². The van der Waals surface area contributed by atoms with E-state index in [0.717, 1.165) is 18.4 Å². The van der Waals surface area contributed by atoms with Crippen LogP contribution >= 0.6 is 0 Å². The maximum Gasteiger partial charge on any atom is 0.246 e. The molecule has 9 heteroatoms. The van der Waals surface area contributed by atoms with Gasteiger partial charge in [-0.05, 0) is 69.4 Å². The topological polar surface area (TPSA) is 117 Å². The summed E-state index contributed by atoms with van der Waals surface area (Å²) >= 11 is 0. The maximum absolute atomic E-state index is 14.6. The molecule has 3 fully saturated rings. The van der Waals surface area contributed by atoms with Crippen molar-refractivity contribution < 1.29 is 29.0 Å². The van der Waals surface area contributed by atoms with Crippen molar-refractivity contribution in [3.8, 4) is 5.75 Å². The van der Waals surface area contributed by atoms with E-state index in [1.807, 2.05) is 51.1 Å². The highest BCUT2D eigenvalue weighted by molar-refractivity contribution is 6.02. The monoisotopic (exact) mass is 577 g/mol. The number of carbonyl (C=O) groups excluding carboxylic acids is 3. The SMILES string of the molecule is CCCC(C)NC(=O)C1N([C@H](CO)c2ccccc2)C(=O)[C@@H]2[C@@H](C(=O)Nc3ccc(OCC)cc3)[C@@]3(CC)CCC12O3. The van der Waals surface area contributed by atoms with Crippen molar-refractivity contribution >= 4 is 23.4 Å². The average Bonchev–Trinajstić information content (AvgIpc) is 3.59. The zero-order chi connectivity index (χ0) is 30.1. The Hall–Kier alpha value is -3.43. The number of fused-ring (bicyclic) bond motifs is 1. The summed E-state index contributed by atoms with van der Waals surface area (Å²) in [5, 5.41) is 16.8. The Balaban J connectivity index is 1.54. The Labute approximate surface area is 248 Å². The molecule has 7 atom stereocenters. The van der Waals surface area contributed by atoms with Gasteiger partial charge >= 0.3 is 0 Å². The van der Waals surface area contributed by atoms with E-state index in [9.17, 15) is 19.5 Å². The Morgan fingerprint density at radius 1 is 1.07 bits per heavy atom. The van der Waals surface area contributed by atoms with E-state index in [1.165, 1.54) is 4.90 Å². The lowest BCUT2D eigenvalue weighted by atomic mass is 9.65. The molecule has 1 spiro atoms. The first kappa shape index (κ1) is 30.0. The van der Waals surface area contributed by atoms with Crippen LogP contribution in [0.1, 0.15) is 71.4 Å². The molecule has 5 rings (SSSR count). The molecular weight excluding hydrogens is 534 g/mol. The van der Waals surface area contributed by atoms with Gasteiger partial charge in [0, 0.05) is 11.7 Å². The second-order valence-corrected chi connectivity index (χ2v) is 11.8. The number of aliphatic hydroxyl groups excluding tert-OH is 1. The number of nitrogens with zero attached hydrogens (tertiary/aromatic N) is 1. The van der Waals surface area contributed by atoms with Gasteiger partial charge in [0.1, 0.15) is 17.4 Å². The lowest BCUT2D eigenvalue weighted by Crippen LogP contribution is -2.57. The molecule has 2 aromatic carbocycles. The second-order valence-electron chi connectivity index (χ2n) is 11.8. The molecule has 42 heavy (non-hydrogen) atoms. The van der Waals surface area contributed by atoms with Crippen LogP contribution in [-0.4, -0.2) is 64.2 Å². The largest absolute Gasteiger partial charge is 0.494 e. The second kappa shape index (κ2) is 12.1. The summed E-state index contributed by atoms with van der Waals surface area (Å²) in [6.07, 6.45) is 3.26. The third-order valence-electron chi connectivity index (χ3n) is 9.39. The molecule has 9 nitrogen and oxygen atoms in total. The Kier molecular flexibility index (Phi) is 8.62. The molecule has 3 saturated heterocycles. The molecule has 3 aliphatic heterocycles. The number of carbonyl (C=O) groups is 3. The number of aliphatic hydroxyl groups is 1. The van der Waals surface area contributed by atoms with E-state index in [4.69, 9.17) is 9.47 Å². The van der Waals surface area contributed by atoms with Crippen molar-refractivity contribution in [1.82, 2.24) is 10.2 Å². The third kappa shape index (κ3) is 4.96. The van der Waals surface area contributed by atoms with E-state index < -0.39 is 35.1 Å². The molecule has 2 bridgehead atoms. The summed E-state index contributed by atoms with van der Waals surface area (Å²) in [7, 11) is 0. The number of hydrogen-bond donors (Lipinski definition) is 3. The van der Waals surface area contributed by atoms with Gasteiger partial charge in [0.2, 0.25) is 17.7 Å². The van der Waals surface area contributed by atoms with Crippen LogP contribution in [0.3, 0.4) is 0 Å². The molecule has 0 aliphatic carbocycles. The molecular formula is C33H43N3O6. The van der Waals surface area contributed by atoms with Crippen LogP contribution in [0.2, 0.25) is 0 Å². The molecule has 3 heterocycles. The number of amides is 3. The fraction of sp³-hybridized carbons (Fsp3) is 0.545. The molecule has 3 amide bonds. The number of rotatable bonds is 12. The van der Waals surface area contributed by atoms with Gasteiger partial charge in [-0.3, -0.25) is 14.4 Å². The smallest absolute Gasteiger partial charge is 0.246 e. The van der Waals surface area contributed by atoms with Crippen LogP contribution in [0.4, 0.5) is 5.69 Å². The molecule has 3 unspecified atom stereocenters. The van der Waals surface area contributed by atoms with Crippen molar-refractivity contribution in [2.45, 2.75) is 89.1 Å². The summed E-state index contributed by atoms with van der Waals surface area (Å²) in [4.78, 5) is 44.3. The van der Waals surface area contributed by atoms with E-state index in [1.54, 1.807) is 24.3 Å². The Morgan fingerprint density at radius 2 is 1.79 bits per heavy atom. The molecule has 3 N–H and O–H groups in total. The van der Waals surface area contributed by atoms with Gasteiger partial charge in [0.25, 0.3) is 0 Å². The zero-order valence-corrected chi connectivity index (χ0v) is 25.0. The number of benzene rings is 2. The van der Waals surface area contributed by atoms with Crippen molar-refractivity contribution in [3.63, 3.8) is 0 Å². The highest BCUT2D eigenvalue weighted by Gasteiger charge is 2.79. The maximum atomic E-state index is 14.6. The minimum absolute atomic E-state index is 0.100. The van der Waals surface area contributed by atoms with Crippen LogP contribution in [0.5, 0.6) is 5.75 Å². The molecule has 3 aliphatic rings. The standard InChI is InChI=1S/C33H43N3O6/c1-5-11-21(4)34-30(39)28-33-19-18-32(6-2,42-33)26(29(38)35-23-14-16-24(17-15-23)41-7-3)27(33)31(40)36(28)25(20-37)22-12-9-8-10-13-22/h8-10,12-17,21,25-28,37H,5-7,11,18-20H2,1-4H3,(H,34,39)(H,35,38)/t21?,25-,26+,27+,28?,32-,33?/m1/s1. The van der Waals surface area contributed by atoms with Crippen LogP contribution in [0.15, 0.2) is 54.6 Å². The summed E-state index contributed by atoms with van der Waals surface area (Å²) in [5.74, 6) is -1.89. The average molecular weight is 578 g/mol. The normalized spacial score (nSPS) is 29.2. The molecule has 0 aromatic heterocycles. The predicted octanol–water partition coefficient (Wildman–Crippen LogP) is 4.22. The van der Waals surface area contributed by atoms with Gasteiger partial charge in [-0.1, -0.05) is 50.6 Å². The number of anilines is 1. The van der Waals surface area contributed by atoms with Crippen LogP contribution in [0, 0.1) is 11.8 Å². The Bertz CT molecular complexity index is 1290. The summed E-state index contributed by atoms with van der Waals surface area (Å²) in [6, 6.07) is 14.5. The van der Waals surface area contributed by atoms with E-state index in [-0.39, 0.29) is 30.4 Å². The van der Waals surface area contributed by atoms with Crippen molar-refractivity contribution in [3.05, 3.63) is 60.2 Å². The first-order valence-electron chi connectivity index (χ1n) is 15.3. The van der Waals surface area contributed by atoms with E-state index in [0.29, 0.717) is 37.3 Å². The lowest BCUT2D eigenvalue weighted by molar-refractivity contribution is -0.150. The minimum atomic E-state index is -1.17. The summed E-state index contributed by atoms with van der Waals surface area (Å²) in [6.45, 7) is 8.06. The van der Waals surface area contributed by atoms with Gasteiger partial charge in [-0.25, -0.2) is 0 Å². The molecule has 226 valence electrons. The minimum Gasteiger partial charge on any atom is -0.494 e. The molecule has 0 radical (unpaired) electrons. The number of nitrogens with one attached hydrogen (secondary N) is 2. The number of likely N-dealkylation sites (tertiary alicyclic amines) is 1. The van der Waals surface area contributed by atoms with E-state index >= 15 is 0 Å². The van der Waals surface area contributed by atoms with Gasteiger partial charge < -0.3 is 30.1 Å². The lowest BCUT2D eigenvalue weighted by Gasteiger charge is -2.38. The van der Waals surface area contributed by atoms with Crippen molar-refractivity contribution in [1.29, 1.82) is 0 Å². The zero-order valence-electron chi connectivity index (χ0n) is 25.0. The molecule has 0 saturated carbocycles. The Morgan fingerprint density at radius 3 is 2.40 bits per heavy atom. The highest BCUT2D eigenvalue weighted by atomic mass is 16.5. The van der Waals surface area contributed by atoms with Gasteiger partial charge in [-0.2, -0.15) is 0 Å². The predicted molar refractivity (Wildman–Crippen MR) is 159 cm³/mol. The quantitative estimate of drug-likeness (QED) is 0.348. The van der Waals surface area contributed by atoms with Crippen LogP contribution in [-0.2, 0) is 19.1 Å². The third-order valence-corrected chi connectivity index (χ3v) is 9.39. The van der Waals surface area contributed by atoms with Gasteiger partial charge in [0.15, 0.2) is 0 Å². The first-order valence-corrected chi connectivity index (χ1v) is 15.3. The van der Waals surface area contributed by atoms with Gasteiger partial charge in [-0.15, -0.1) is 0 Å². The van der Waals surface area contributed by atoms with Crippen LogP contribution in [0.25, 0.3) is 0 Å². The molecule has 2 aromatic rings.